The van der Waals surface area contributed by atoms with Crippen molar-refractivity contribution in [3.63, 3.8) is 0 Å². The maximum absolute atomic E-state index is 12.5. The van der Waals surface area contributed by atoms with Gasteiger partial charge in [0.05, 0.1) is 10.4 Å². The second-order valence-corrected chi connectivity index (χ2v) is 6.41. The largest absolute Gasteiger partial charge is 0.416 e. The first-order chi connectivity index (χ1) is 12.4. The van der Waals surface area contributed by atoms with E-state index >= 15 is 0 Å². The van der Waals surface area contributed by atoms with Gasteiger partial charge in [-0.15, -0.1) is 11.3 Å². The standard InChI is InChI=1S/C17H14F3N3O2S/c18-17(19,20)11-6-8-12(9-7-11)21-14(24)4-1-5-15-22-16(23-25-15)13-3-2-10-26-13/h2-3,6-10H,1,4-5H2,(H,21,24). The molecule has 0 radical (unpaired) electrons. The molecule has 26 heavy (non-hydrogen) atoms. The van der Waals surface area contributed by atoms with E-state index in [1.54, 1.807) is 0 Å². The minimum Gasteiger partial charge on any atom is -0.339 e. The van der Waals surface area contributed by atoms with Crippen LogP contribution in [0.15, 0.2) is 46.3 Å². The van der Waals surface area contributed by atoms with Crippen LogP contribution in [0, 0.1) is 0 Å². The van der Waals surface area contributed by atoms with Gasteiger partial charge >= 0.3 is 6.18 Å². The molecule has 0 saturated carbocycles. The first-order valence-electron chi connectivity index (χ1n) is 7.75. The van der Waals surface area contributed by atoms with Gasteiger partial charge in [-0.25, -0.2) is 0 Å². The van der Waals surface area contributed by atoms with Gasteiger partial charge in [0.25, 0.3) is 0 Å². The van der Waals surface area contributed by atoms with Gasteiger partial charge in [0.1, 0.15) is 0 Å². The Morgan fingerprint density at radius 3 is 2.62 bits per heavy atom. The molecule has 0 atom stereocenters. The molecule has 0 fully saturated rings. The molecule has 5 nitrogen and oxygen atoms in total. The lowest BCUT2D eigenvalue weighted by Gasteiger charge is -2.08. The summed E-state index contributed by atoms with van der Waals surface area (Å²) in [4.78, 5) is 17.0. The number of amides is 1. The summed E-state index contributed by atoms with van der Waals surface area (Å²) < 4.78 is 42.6. The second-order valence-electron chi connectivity index (χ2n) is 5.47. The molecule has 0 unspecified atom stereocenters. The highest BCUT2D eigenvalue weighted by atomic mass is 32.1. The number of hydrogen-bond acceptors (Lipinski definition) is 5. The molecule has 9 heteroatoms. The zero-order chi connectivity index (χ0) is 18.6. The van der Waals surface area contributed by atoms with E-state index in [1.807, 2.05) is 17.5 Å². The van der Waals surface area contributed by atoms with Gasteiger partial charge in [-0.3, -0.25) is 4.79 Å². The molecule has 2 heterocycles. The van der Waals surface area contributed by atoms with Crippen LogP contribution in [0.1, 0.15) is 24.3 Å². The minimum atomic E-state index is -4.39. The Balaban J connectivity index is 1.46. The van der Waals surface area contributed by atoms with Crippen molar-refractivity contribution in [3.8, 4) is 10.7 Å². The van der Waals surface area contributed by atoms with E-state index in [2.05, 4.69) is 15.5 Å². The van der Waals surface area contributed by atoms with Crippen LogP contribution in [0.4, 0.5) is 18.9 Å². The van der Waals surface area contributed by atoms with Crippen LogP contribution in [0.25, 0.3) is 10.7 Å². The Bertz CT molecular complexity index is 858. The van der Waals surface area contributed by atoms with Crippen molar-refractivity contribution < 1.29 is 22.5 Å². The Morgan fingerprint density at radius 2 is 1.96 bits per heavy atom. The molecule has 1 amide bonds. The molecular formula is C17H14F3N3O2S. The van der Waals surface area contributed by atoms with Gasteiger partial charge in [0.15, 0.2) is 0 Å². The quantitative estimate of drug-likeness (QED) is 0.667. The highest BCUT2D eigenvalue weighted by Gasteiger charge is 2.29. The van der Waals surface area contributed by atoms with Crippen LogP contribution >= 0.6 is 11.3 Å². The third kappa shape index (κ3) is 4.69. The monoisotopic (exact) mass is 381 g/mol. The van der Waals surface area contributed by atoms with E-state index in [-0.39, 0.29) is 12.3 Å². The van der Waals surface area contributed by atoms with E-state index in [9.17, 15) is 18.0 Å². The van der Waals surface area contributed by atoms with E-state index in [0.29, 0.717) is 30.2 Å². The molecule has 3 rings (SSSR count). The highest BCUT2D eigenvalue weighted by molar-refractivity contribution is 7.13. The molecule has 136 valence electrons. The van der Waals surface area contributed by atoms with Crippen molar-refractivity contribution in [2.24, 2.45) is 0 Å². The average Bonchev–Trinajstić information content (AvgIpc) is 3.26. The number of benzene rings is 1. The number of anilines is 1. The van der Waals surface area contributed by atoms with Gasteiger partial charge < -0.3 is 9.84 Å². The van der Waals surface area contributed by atoms with Gasteiger partial charge in [-0.2, -0.15) is 18.2 Å². The number of rotatable bonds is 6. The molecule has 1 aromatic carbocycles. The van der Waals surface area contributed by atoms with Crippen LogP contribution in [-0.4, -0.2) is 16.0 Å². The zero-order valence-corrected chi connectivity index (χ0v) is 14.2. The van der Waals surface area contributed by atoms with E-state index in [0.717, 1.165) is 17.0 Å². The molecule has 0 bridgehead atoms. The summed E-state index contributed by atoms with van der Waals surface area (Å²) in [7, 11) is 0. The van der Waals surface area contributed by atoms with Crippen LogP contribution in [-0.2, 0) is 17.4 Å². The number of aromatic nitrogens is 2. The summed E-state index contributed by atoms with van der Waals surface area (Å²) in [6.07, 6.45) is -3.27. The number of carbonyl (C=O) groups is 1. The Hall–Kier alpha value is -2.68. The molecular weight excluding hydrogens is 367 g/mol. The summed E-state index contributed by atoms with van der Waals surface area (Å²) in [5.41, 5.74) is -0.436. The molecule has 1 N–H and O–H groups in total. The zero-order valence-electron chi connectivity index (χ0n) is 13.4. The first-order valence-corrected chi connectivity index (χ1v) is 8.63. The fourth-order valence-electron chi connectivity index (χ4n) is 2.23. The number of carbonyl (C=O) groups excluding carboxylic acids is 1. The Kier molecular flexibility index (Phi) is 5.36. The molecule has 0 aliphatic rings. The van der Waals surface area contributed by atoms with Gasteiger partial charge in [-0.1, -0.05) is 11.2 Å². The van der Waals surface area contributed by atoms with E-state index < -0.39 is 11.7 Å². The molecule has 0 spiro atoms. The normalized spacial score (nSPS) is 11.5. The third-order valence-corrected chi connectivity index (χ3v) is 4.37. The molecule has 0 aliphatic heterocycles. The summed E-state index contributed by atoms with van der Waals surface area (Å²) in [5.74, 6) is 0.669. The van der Waals surface area contributed by atoms with Crippen LogP contribution in [0.2, 0.25) is 0 Å². The SMILES string of the molecule is O=C(CCCc1nc(-c2cccs2)no1)Nc1ccc(C(F)(F)F)cc1. The summed E-state index contributed by atoms with van der Waals surface area (Å²) >= 11 is 1.50. The van der Waals surface area contributed by atoms with Crippen molar-refractivity contribution in [2.75, 3.05) is 5.32 Å². The second kappa shape index (κ2) is 7.69. The molecule has 0 aliphatic carbocycles. The Labute approximate surface area is 150 Å². The fourth-order valence-corrected chi connectivity index (χ4v) is 2.88. The fraction of sp³-hybridized carbons (Fsp3) is 0.235. The van der Waals surface area contributed by atoms with Crippen molar-refractivity contribution in [1.82, 2.24) is 10.1 Å². The molecule has 2 aromatic heterocycles. The van der Waals surface area contributed by atoms with Crippen molar-refractivity contribution >= 4 is 22.9 Å². The van der Waals surface area contributed by atoms with Gasteiger partial charge in [-0.05, 0) is 42.1 Å². The lowest BCUT2D eigenvalue weighted by atomic mass is 10.2. The predicted molar refractivity (Wildman–Crippen MR) is 90.6 cm³/mol. The number of nitrogens with one attached hydrogen (secondary N) is 1. The topological polar surface area (TPSA) is 68.0 Å². The first kappa shape index (κ1) is 18.1. The van der Waals surface area contributed by atoms with Crippen LogP contribution < -0.4 is 5.32 Å². The molecule has 3 aromatic rings. The smallest absolute Gasteiger partial charge is 0.339 e. The Morgan fingerprint density at radius 1 is 1.19 bits per heavy atom. The summed E-state index contributed by atoms with van der Waals surface area (Å²) in [6.45, 7) is 0. The van der Waals surface area contributed by atoms with Crippen LogP contribution in [0.5, 0.6) is 0 Å². The van der Waals surface area contributed by atoms with E-state index in [4.69, 9.17) is 4.52 Å². The van der Waals surface area contributed by atoms with Crippen LogP contribution in [0.3, 0.4) is 0 Å². The maximum Gasteiger partial charge on any atom is 0.416 e. The predicted octanol–water partition coefficient (Wildman–Crippen LogP) is 4.78. The number of thiophene rings is 1. The summed E-state index contributed by atoms with van der Waals surface area (Å²) in [5, 5.41) is 8.36. The number of aryl methyl sites for hydroxylation is 1. The number of halogens is 3. The highest BCUT2D eigenvalue weighted by Crippen LogP contribution is 2.29. The van der Waals surface area contributed by atoms with E-state index in [1.165, 1.54) is 23.5 Å². The van der Waals surface area contributed by atoms with Crippen molar-refractivity contribution in [2.45, 2.75) is 25.4 Å². The van der Waals surface area contributed by atoms with Crippen molar-refractivity contribution in [1.29, 1.82) is 0 Å². The number of hydrogen-bond donors (Lipinski definition) is 1. The average molecular weight is 381 g/mol. The number of nitrogens with zero attached hydrogens (tertiary/aromatic N) is 2. The van der Waals surface area contributed by atoms with Crippen molar-refractivity contribution in [3.05, 3.63) is 53.2 Å². The minimum absolute atomic E-state index is 0.192. The maximum atomic E-state index is 12.5. The lowest BCUT2D eigenvalue weighted by molar-refractivity contribution is -0.137. The van der Waals surface area contributed by atoms with Gasteiger partial charge in [0.2, 0.25) is 17.6 Å². The van der Waals surface area contributed by atoms with Gasteiger partial charge in [0, 0.05) is 18.5 Å². The molecule has 0 saturated heterocycles. The lowest BCUT2D eigenvalue weighted by Crippen LogP contribution is -2.12. The number of alkyl halides is 3. The summed E-state index contributed by atoms with van der Waals surface area (Å²) in [6, 6.07) is 8.09. The third-order valence-electron chi connectivity index (χ3n) is 3.50.